The van der Waals surface area contributed by atoms with Crippen molar-refractivity contribution in [3.8, 4) is 5.75 Å². The molecule has 0 spiro atoms. The van der Waals surface area contributed by atoms with Gasteiger partial charge in [0.2, 0.25) is 0 Å². The van der Waals surface area contributed by atoms with Crippen LogP contribution in [0, 0.1) is 11.6 Å². The first-order chi connectivity index (χ1) is 12.0. The number of nitrogens with one attached hydrogen (secondary N) is 2. The van der Waals surface area contributed by atoms with Gasteiger partial charge < -0.3 is 25.2 Å². The number of rotatable bonds is 7. The molecule has 0 aliphatic carbocycles. The molecule has 2 rings (SSSR count). The van der Waals surface area contributed by atoms with Gasteiger partial charge in [0, 0.05) is 38.7 Å². The molecule has 1 aromatic carbocycles. The molecule has 26 heavy (non-hydrogen) atoms. The van der Waals surface area contributed by atoms with Gasteiger partial charge in [0.05, 0.1) is 18.7 Å². The number of aliphatic hydroxyl groups is 1. The average molecular weight is 485 g/mol. The first-order valence-corrected chi connectivity index (χ1v) is 8.42. The van der Waals surface area contributed by atoms with Crippen LogP contribution in [0.25, 0.3) is 0 Å². The number of hydrogen-bond donors (Lipinski definition) is 3. The molecule has 0 saturated carbocycles. The molecule has 1 fully saturated rings. The zero-order valence-electron chi connectivity index (χ0n) is 14.8. The van der Waals surface area contributed by atoms with Crippen molar-refractivity contribution in [2.45, 2.75) is 25.4 Å². The highest BCUT2D eigenvalue weighted by Gasteiger charge is 2.29. The Kier molecular flexibility index (Phi) is 10.1. The van der Waals surface area contributed by atoms with Crippen LogP contribution in [0.5, 0.6) is 5.75 Å². The second kappa shape index (κ2) is 11.5. The Bertz CT molecular complexity index is 584. The summed E-state index contributed by atoms with van der Waals surface area (Å²) in [5.74, 6) is -0.829. The van der Waals surface area contributed by atoms with Crippen LogP contribution in [-0.2, 0) is 4.74 Å². The Balaban J connectivity index is 0.00000338. The number of aliphatic imine (C=N–C) groups is 1. The second-order valence-electron chi connectivity index (χ2n) is 5.88. The lowest BCUT2D eigenvalue weighted by Crippen LogP contribution is -2.43. The first kappa shape index (κ1) is 22.8. The Morgan fingerprint density at radius 1 is 1.31 bits per heavy atom. The molecular weight excluding hydrogens is 459 g/mol. The molecule has 1 aliphatic rings. The van der Waals surface area contributed by atoms with E-state index in [4.69, 9.17) is 9.47 Å². The van der Waals surface area contributed by atoms with E-state index >= 15 is 0 Å². The smallest absolute Gasteiger partial charge is 0.191 e. The lowest BCUT2D eigenvalue weighted by molar-refractivity contribution is -0.0565. The number of halogens is 3. The van der Waals surface area contributed by atoms with Gasteiger partial charge in [0.1, 0.15) is 12.4 Å². The van der Waals surface area contributed by atoms with E-state index in [9.17, 15) is 13.9 Å². The highest BCUT2D eigenvalue weighted by atomic mass is 127. The number of nitrogens with zero attached hydrogens (tertiary/aromatic N) is 1. The van der Waals surface area contributed by atoms with E-state index in [0.29, 0.717) is 45.1 Å². The largest absolute Gasteiger partial charge is 0.489 e. The predicted molar refractivity (Wildman–Crippen MR) is 106 cm³/mol. The molecule has 0 radical (unpaired) electrons. The minimum Gasteiger partial charge on any atom is -0.489 e. The molecule has 9 heteroatoms. The van der Waals surface area contributed by atoms with Gasteiger partial charge in [-0.1, -0.05) is 0 Å². The van der Waals surface area contributed by atoms with E-state index in [0.717, 1.165) is 12.1 Å². The van der Waals surface area contributed by atoms with E-state index in [1.807, 2.05) is 6.92 Å². The Morgan fingerprint density at radius 3 is 2.69 bits per heavy atom. The Labute approximate surface area is 169 Å². The molecule has 0 amide bonds. The number of hydrogen-bond acceptors (Lipinski definition) is 4. The van der Waals surface area contributed by atoms with Crippen molar-refractivity contribution >= 4 is 29.9 Å². The van der Waals surface area contributed by atoms with Gasteiger partial charge in [-0.3, -0.25) is 4.99 Å². The molecular formula is C17H26F2IN3O3. The van der Waals surface area contributed by atoms with Crippen molar-refractivity contribution < 1.29 is 23.4 Å². The maximum atomic E-state index is 13.5. The van der Waals surface area contributed by atoms with E-state index in [-0.39, 0.29) is 42.9 Å². The molecule has 1 heterocycles. The minimum atomic E-state index is -0.839. The molecule has 1 aliphatic heterocycles. The van der Waals surface area contributed by atoms with Crippen molar-refractivity contribution in [1.29, 1.82) is 0 Å². The summed E-state index contributed by atoms with van der Waals surface area (Å²) in [6.45, 7) is 4.51. The fraction of sp³-hybridized carbons (Fsp3) is 0.588. The van der Waals surface area contributed by atoms with Gasteiger partial charge in [-0.2, -0.15) is 0 Å². The summed E-state index contributed by atoms with van der Waals surface area (Å²) < 4.78 is 36.8. The van der Waals surface area contributed by atoms with Crippen LogP contribution in [0.3, 0.4) is 0 Å². The highest BCUT2D eigenvalue weighted by Crippen LogP contribution is 2.20. The number of guanidine groups is 1. The van der Waals surface area contributed by atoms with Crippen molar-refractivity contribution in [2.75, 3.05) is 39.5 Å². The molecule has 3 N–H and O–H groups in total. The van der Waals surface area contributed by atoms with E-state index in [1.54, 1.807) is 0 Å². The van der Waals surface area contributed by atoms with E-state index in [2.05, 4.69) is 15.6 Å². The van der Waals surface area contributed by atoms with Crippen LogP contribution in [0.1, 0.15) is 19.8 Å². The average Bonchev–Trinajstić information content (AvgIpc) is 2.58. The molecule has 0 atom stereocenters. The third kappa shape index (κ3) is 7.58. The van der Waals surface area contributed by atoms with Gasteiger partial charge in [-0.25, -0.2) is 8.78 Å². The normalized spacial score (nSPS) is 16.5. The first-order valence-electron chi connectivity index (χ1n) is 8.42. The lowest BCUT2D eigenvalue weighted by Gasteiger charge is -2.30. The Hall–Kier alpha value is -1.20. The van der Waals surface area contributed by atoms with Crippen molar-refractivity contribution in [3.63, 3.8) is 0 Å². The van der Waals surface area contributed by atoms with Crippen LogP contribution in [0.4, 0.5) is 8.78 Å². The molecule has 0 unspecified atom stereocenters. The van der Waals surface area contributed by atoms with Gasteiger partial charge in [0.15, 0.2) is 17.5 Å². The molecule has 148 valence electrons. The minimum absolute atomic E-state index is 0. The lowest BCUT2D eigenvalue weighted by atomic mass is 9.95. The molecule has 6 nitrogen and oxygen atoms in total. The van der Waals surface area contributed by atoms with Gasteiger partial charge in [-0.15, -0.1) is 24.0 Å². The number of benzene rings is 1. The maximum Gasteiger partial charge on any atom is 0.191 e. The molecule has 0 bridgehead atoms. The summed E-state index contributed by atoms with van der Waals surface area (Å²) in [6.07, 6.45) is 1.12. The Morgan fingerprint density at radius 2 is 2.04 bits per heavy atom. The van der Waals surface area contributed by atoms with Crippen LogP contribution in [-0.4, -0.2) is 56.1 Å². The zero-order valence-corrected chi connectivity index (χ0v) is 17.1. The second-order valence-corrected chi connectivity index (χ2v) is 5.88. The summed E-state index contributed by atoms with van der Waals surface area (Å²) in [7, 11) is 0. The molecule has 1 saturated heterocycles. The number of ether oxygens (including phenoxy) is 2. The van der Waals surface area contributed by atoms with Crippen LogP contribution in [0.15, 0.2) is 23.2 Å². The summed E-state index contributed by atoms with van der Waals surface area (Å²) in [5.41, 5.74) is -0.839. The fourth-order valence-corrected chi connectivity index (χ4v) is 2.40. The van der Waals surface area contributed by atoms with E-state index in [1.165, 1.54) is 6.07 Å². The SMILES string of the molecule is CCNC(=NCC1(O)CCOCC1)NCCOc1ccc(F)cc1F.I. The van der Waals surface area contributed by atoms with Gasteiger partial charge >= 0.3 is 0 Å². The van der Waals surface area contributed by atoms with Gasteiger partial charge in [0.25, 0.3) is 0 Å². The third-order valence-corrected chi connectivity index (χ3v) is 3.85. The predicted octanol–water partition coefficient (Wildman–Crippen LogP) is 2.06. The van der Waals surface area contributed by atoms with Gasteiger partial charge in [-0.05, 0) is 19.1 Å². The molecule has 0 aromatic heterocycles. The maximum absolute atomic E-state index is 13.5. The summed E-state index contributed by atoms with van der Waals surface area (Å²) in [4.78, 5) is 4.39. The summed E-state index contributed by atoms with van der Waals surface area (Å²) >= 11 is 0. The topological polar surface area (TPSA) is 75.1 Å². The van der Waals surface area contributed by atoms with Crippen LogP contribution >= 0.6 is 24.0 Å². The standard InChI is InChI=1S/C17H25F2N3O3.HI/c1-2-20-16(22-12-17(23)5-8-24-9-6-17)21-7-10-25-15-4-3-13(18)11-14(15)19;/h3-4,11,23H,2,5-10,12H2,1H3,(H2,20,21,22);1H. The summed E-state index contributed by atoms with van der Waals surface area (Å²) in [5, 5.41) is 16.5. The zero-order chi connectivity index (χ0) is 18.1. The van der Waals surface area contributed by atoms with Crippen molar-refractivity contribution in [1.82, 2.24) is 10.6 Å². The fourth-order valence-electron chi connectivity index (χ4n) is 2.40. The molecule has 1 aromatic rings. The monoisotopic (exact) mass is 485 g/mol. The quantitative estimate of drug-likeness (QED) is 0.239. The van der Waals surface area contributed by atoms with Crippen LogP contribution < -0.4 is 15.4 Å². The summed E-state index contributed by atoms with van der Waals surface area (Å²) in [6, 6.07) is 3.18. The van der Waals surface area contributed by atoms with Crippen molar-refractivity contribution in [3.05, 3.63) is 29.8 Å². The van der Waals surface area contributed by atoms with Crippen molar-refractivity contribution in [2.24, 2.45) is 4.99 Å². The third-order valence-electron chi connectivity index (χ3n) is 3.85. The highest BCUT2D eigenvalue weighted by molar-refractivity contribution is 14.0. The van der Waals surface area contributed by atoms with E-state index < -0.39 is 17.2 Å². The van der Waals surface area contributed by atoms with Crippen LogP contribution in [0.2, 0.25) is 0 Å².